The van der Waals surface area contributed by atoms with Crippen LogP contribution in [0.15, 0.2) is 24.4 Å². The van der Waals surface area contributed by atoms with Crippen LogP contribution in [0.3, 0.4) is 0 Å². The van der Waals surface area contributed by atoms with Gasteiger partial charge in [0.15, 0.2) is 0 Å². The number of aromatic nitrogens is 1. The van der Waals surface area contributed by atoms with Crippen molar-refractivity contribution in [1.82, 2.24) is 4.98 Å². The van der Waals surface area contributed by atoms with E-state index in [2.05, 4.69) is 23.2 Å². The summed E-state index contributed by atoms with van der Waals surface area (Å²) in [4.78, 5) is 4.39. The van der Waals surface area contributed by atoms with Crippen molar-refractivity contribution >= 4 is 6.08 Å². The van der Waals surface area contributed by atoms with Gasteiger partial charge in [-0.2, -0.15) is 0 Å². The summed E-state index contributed by atoms with van der Waals surface area (Å²) in [7, 11) is 0. The summed E-state index contributed by atoms with van der Waals surface area (Å²) in [6.45, 7) is 4.00. The molecule has 0 N–H and O–H groups in total. The number of hydrogen-bond acceptors (Lipinski definition) is 1. The lowest BCUT2D eigenvalue weighted by molar-refractivity contribution is 0.937. The molecule has 0 radical (unpaired) electrons. The number of nitrogens with zero attached hydrogens (tertiary/aromatic N) is 1. The first kappa shape index (κ1) is 8.49. The SMILES string of the molecule is C1=CC2CC2c2ncccc21.CC. The van der Waals surface area contributed by atoms with E-state index in [-0.39, 0.29) is 0 Å². The highest BCUT2D eigenvalue weighted by molar-refractivity contribution is 5.58. The second-order valence-electron chi connectivity index (χ2n) is 3.34. The van der Waals surface area contributed by atoms with Gasteiger partial charge in [-0.05, 0) is 24.0 Å². The van der Waals surface area contributed by atoms with Gasteiger partial charge in [-0.25, -0.2) is 0 Å². The van der Waals surface area contributed by atoms with Crippen molar-refractivity contribution in [3.8, 4) is 0 Å². The summed E-state index contributed by atoms with van der Waals surface area (Å²) in [5.74, 6) is 1.58. The molecule has 1 aromatic heterocycles. The van der Waals surface area contributed by atoms with E-state index in [4.69, 9.17) is 0 Å². The zero-order valence-electron chi connectivity index (χ0n) is 8.20. The topological polar surface area (TPSA) is 12.9 Å². The van der Waals surface area contributed by atoms with Gasteiger partial charge >= 0.3 is 0 Å². The average molecular weight is 173 g/mol. The van der Waals surface area contributed by atoms with E-state index in [1.54, 1.807) is 0 Å². The Hall–Kier alpha value is -1.11. The Bertz CT molecular complexity index is 328. The first-order valence-electron chi connectivity index (χ1n) is 5.08. The third-order valence-corrected chi connectivity index (χ3v) is 2.59. The van der Waals surface area contributed by atoms with Crippen LogP contribution >= 0.6 is 0 Å². The first-order chi connectivity index (χ1) is 6.45. The van der Waals surface area contributed by atoms with Crippen molar-refractivity contribution in [2.75, 3.05) is 0 Å². The van der Waals surface area contributed by atoms with Crippen LogP contribution in [0, 0.1) is 5.92 Å². The molecule has 0 spiro atoms. The fraction of sp³-hybridized carbons (Fsp3) is 0.417. The maximum atomic E-state index is 4.39. The fourth-order valence-electron chi connectivity index (χ4n) is 1.85. The molecule has 68 valence electrons. The van der Waals surface area contributed by atoms with Crippen LogP contribution in [0.25, 0.3) is 6.08 Å². The number of allylic oxidation sites excluding steroid dienone is 1. The molecular formula is C12H15N. The summed E-state index contributed by atoms with van der Waals surface area (Å²) >= 11 is 0. The first-order valence-corrected chi connectivity index (χ1v) is 5.08. The lowest BCUT2D eigenvalue weighted by Crippen LogP contribution is -1.94. The highest BCUT2D eigenvalue weighted by Crippen LogP contribution is 2.51. The van der Waals surface area contributed by atoms with E-state index in [1.165, 1.54) is 17.7 Å². The summed E-state index contributed by atoms with van der Waals surface area (Å²) in [5.41, 5.74) is 2.64. The molecule has 0 aromatic carbocycles. The maximum Gasteiger partial charge on any atom is 0.0512 e. The Kier molecular flexibility index (Phi) is 2.17. The highest BCUT2D eigenvalue weighted by atomic mass is 14.7. The van der Waals surface area contributed by atoms with Crippen molar-refractivity contribution in [2.45, 2.75) is 26.2 Å². The van der Waals surface area contributed by atoms with Gasteiger partial charge in [0.1, 0.15) is 0 Å². The minimum absolute atomic E-state index is 0.760. The van der Waals surface area contributed by atoms with E-state index >= 15 is 0 Å². The zero-order valence-corrected chi connectivity index (χ0v) is 8.20. The van der Waals surface area contributed by atoms with Crippen molar-refractivity contribution in [1.29, 1.82) is 0 Å². The van der Waals surface area contributed by atoms with Gasteiger partial charge in [0.05, 0.1) is 5.69 Å². The molecule has 1 aromatic rings. The third kappa shape index (κ3) is 1.39. The minimum Gasteiger partial charge on any atom is -0.260 e. The molecule has 1 heterocycles. The highest BCUT2D eigenvalue weighted by Gasteiger charge is 2.40. The van der Waals surface area contributed by atoms with Crippen LogP contribution in [-0.2, 0) is 0 Å². The maximum absolute atomic E-state index is 4.39. The molecule has 1 fully saturated rings. The molecule has 0 aliphatic heterocycles. The normalized spacial score (nSPS) is 26.6. The molecule has 1 heteroatoms. The van der Waals surface area contributed by atoms with Gasteiger partial charge in [0.2, 0.25) is 0 Å². The number of fused-ring (bicyclic) bond motifs is 3. The largest absolute Gasteiger partial charge is 0.260 e. The van der Waals surface area contributed by atoms with Crippen LogP contribution in [0.4, 0.5) is 0 Å². The molecule has 0 saturated heterocycles. The smallest absolute Gasteiger partial charge is 0.0512 e. The van der Waals surface area contributed by atoms with Crippen LogP contribution < -0.4 is 0 Å². The lowest BCUT2D eigenvalue weighted by Gasteiger charge is -2.06. The van der Waals surface area contributed by atoms with Crippen LogP contribution in [0.5, 0.6) is 0 Å². The van der Waals surface area contributed by atoms with Crippen molar-refractivity contribution < 1.29 is 0 Å². The molecule has 2 unspecified atom stereocenters. The van der Waals surface area contributed by atoms with Crippen molar-refractivity contribution in [3.63, 3.8) is 0 Å². The molecule has 0 bridgehead atoms. The average Bonchev–Trinajstić information content (AvgIpc) is 3.00. The summed E-state index contributed by atoms with van der Waals surface area (Å²) in [6, 6.07) is 4.15. The molecule has 3 rings (SSSR count). The molecule has 2 aliphatic rings. The fourth-order valence-corrected chi connectivity index (χ4v) is 1.85. The lowest BCUT2D eigenvalue weighted by atomic mass is 10.0. The van der Waals surface area contributed by atoms with Crippen LogP contribution in [-0.4, -0.2) is 4.98 Å². The van der Waals surface area contributed by atoms with Gasteiger partial charge in [0.25, 0.3) is 0 Å². The Morgan fingerprint density at radius 1 is 1.38 bits per heavy atom. The monoisotopic (exact) mass is 173 g/mol. The van der Waals surface area contributed by atoms with E-state index in [1.807, 2.05) is 26.1 Å². The van der Waals surface area contributed by atoms with E-state index in [0.717, 1.165) is 11.8 Å². The Balaban J connectivity index is 0.000000308. The van der Waals surface area contributed by atoms with E-state index in [0.29, 0.717) is 0 Å². The molecule has 2 aliphatic carbocycles. The Morgan fingerprint density at radius 3 is 3.08 bits per heavy atom. The summed E-state index contributed by atoms with van der Waals surface area (Å²) in [5, 5.41) is 0. The van der Waals surface area contributed by atoms with Crippen LogP contribution in [0.1, 0.15) is 37.4 Å². The second-order valence-corrected chi connectivity index (χ2v) is 3.34. The predicted molar refractivity (Wildman–Crippen MR) is 55.5 cm³/mol. The Morgan fingerprint density at radius 2 is 2.23 bits per heavy atom. The molecule has 1 nitrogen and oxygen atoms in total. The predicted octanol–water partition coefficient (Wildman–Crippen LogP) is 3.24. The third-order valence-electron chi connectivity index (χ3n) is 2.59. The zero-order chi connectivity index (χ0) is 9.26. The van der Waals surface area contributed by atoms with E-state index < -0.39 is 0 Å². The van der Waals surface area contributed by atoms with Crippen molar-refractivity contribution in [2.24, 2.45) is 5.92 Å². The summed E-state index contributed by atoms with van der Waals surface area (Å²) in [6.07, 6.45) is 7.74. The van der Waals surface area contributed by atoms with Crippen molar-refractivity contribution in [3.05, 3.63) is 35.7 Å². The standard InChI is InChI=1S/C10H9N.C2H6/c1-2-7-3-4-8-6-9(8)10(7)11-5-1;1-2/h1-5,8-9H,6H2;1-2H3. The van der Waals surface area contributed by atoms with Crippen LogP contribution in [0.2, 0.25) is 0 Å². The van der Waals surface area contributed by atoms with Gasteiger partial charge in [-0.3, -0.25) is 4.98 Å². The molecular weight excluding hydrogens is 158 g/mol. The van der Waals surface area contributed by atoms with Gasteiger partial charge in [-0.1, -0.05) is 32.1 Å². The molecule has 1 saturated carbocycles. The number of rotatable bonds is 0. The molecule has 0 amide bonds. The van der Waals surface area contributed by atoms with Gasteiger partial charge in [0, 0.05) is 12.1 Å². The Labute approximate surface area is 79.5 Å². The quantitative estimate of drug-likeness (QED) is 0.587. The number of hydrogen-bond donors (Lipinski definition) is 0. The van der Waals surface area contributed by atoms with Gasteiger partial charge < -0.3 is 0 Å². The van der Waals surface area contributed by atoms with Gasteiger partial charge in [-0.15, -0.1) is 0 Å². The number of pyridine rings is 1. The van der Waals surface area contributed by atoms with E-state index in [9.17, 15) is 0 Å². The second kappa shape index (κ2) is 3.33. The molecule has 2 atom stereocenters. The molecule has 13 heavy (non-hydrogen) atoms. The summed E-state index contributed by atoms with van der Waals surface area (Å²) < 4.78 is 0. The minimum atomic E-state index is 0.760.